The van der Waals surface area contributed by atoms with Crippen molar-refractivity contribution in [2.45, 2.75) is 32.0 Å². The van der Waals surface area contributed by atoms with Crippen molar-refractivity contribution in [2.75, 3.05) is 25.9 Å². The standard InChI is InChI=1S/C11H19N5/c1-15-4-2-8(3-5-15)16-11(12)9-6-13-7-10(9)14-16/h8,13H,2-7,12H2,1H3. The number of nitrogens with zero attached hydrogens (tertiary/aromatic N) is 3. The van der Waals surface area contributed by atoms with Gasteiger partial charge in [0, 0.05) is 18.7 Å². The molecule has 0 aliphatic carbocycles. The third-order valence-electron chi connectivity index (χ3n) is 3.76. The zero-order valence-corrected chi connectivity index (χ0v) is 9.74. The number of hydrogen-bond donors (Lipinski definition) is 2. The number of hydrogen-bond acceptors (Lipinski definition) is 4. The molecule has 0 aromatic carbocycles. The van der Waals surface area contributed by atoms with E-state index < -0.39 is 0 Å². The molecule has 0 spiro atoms. The second-order valence-corrected chi connectivity index (χ2v) is 4.89. The van der Waals surface area contributed by atoms with Crippen LogP contribution in [0.15, 0.2) is 0 Å². The molecule has 3 heterocycles. The lowest BCUT2D eigenvalue weighted by Gasteiger charge is -2.29. The van der Waals surface area contributed by atoms with Crippen LogP contribution in [-0.4, -0.2) is 34.8 Å². The molecule has 0 bridgehead atoms. The summed E-state index contributed by atoms with van der Waals surface area (Å²) in [6, 6.07) is 0.502. The minimum atomic E-state index is 0.502. The molecule has 0 amide bonds. The number of likely N-dealkylation sites (tertiary alicyclic amines) is 1. The maximum atomic E-state index is 6.17. The Morgan fingerprint density at radius 1 is 1.31 bits per heavy atom. The van der Waals surface area contributed by atoms with Gasteiger partial charge < -0.3 is 16.0 Å². The van der Waals surface area contributed by atoms with Crippen molar-refractivity contribution >= 4 is 5.82 Å². The summed E-state index contributed by atoms with van der Waals surface area (Å²) in [4.78, 5) is 2.37. The Bertz CT molecular complexity index is 389. The summed E-state index contributed by atoms with van der Waals surface area (Å²) in [6.07, 6.45) is 2.32. The third kappa shape index (κ3) is 1.51. The van der Waals surface area contributed by atoms with Gasteiger partial charge >= 0.3 is 0 Å². The maximum Gasteiger partial charge on any atom is 0.126 e. The Balaban J connectivity index is 1.84. The van der Waals surface area contributed by atoms with Crippen LogP contribution in [0.3, 0.4) is 0 Å². The summed E-state index contributed by atoms with van der Waals surface area (Å²) in [7, 11) is 2.17. The SMILES string of the molecule is CN1CCC(n2nc3c(c2N)CNC3)CC1. The van der Waals surface area contributed by atoms with Crippen molar-refractivity contribution in [3.63, 3.8) is 0 Å². The summed E-state index contributed by atoms with van der Waals surface area (Å²) in [5.41, 5.74) is 8.54. The number of nitrogen functional groups attached to an aromatic ring is 1. The van der Waals surface area contributed by atoms with Crippen molar-refractivity contribution in [1.29, 1.82) is 0 Å². The van der Waals surface area contributed by atoms with E-state index in [1.54, 1.807) is 0 Å². The third-order valence-corrected chi connectivity index (χ3v) is 3.76. The van der Waals surface area contributed by atoms with E-state index >= 15 is 0 Å². The van der Waals surface area contributed by atoms with Gasteiger partial charge in [-0.1, -0.05) is 0 Å². The van der Waals surface area contributed by atoms with Gasteiger partial charge in [-0.3, -0.25) is 0 Å². The largest absolute Gasteiger partial charge is 0.384 e. The minimum Gasteiger partial charge on any atom is -0.384 e. The van der Waals surface area contributed by atoms with Crippen molar-refractivity contribution in [3.05, 3.63) is 11.3 Å². The van der Waals surface area contributed by atoms with Gasteiger partial charge in [0.05, 0.1) is 11.7 Å². The highest BCUT2D eigenvalue weighted by molar-refractivity contribution is 5.45. The summed E-state index contributed by atoms with van der Waals surface area (Å²) in [5.74, 6) is 0.884. The van der Waals surface area contributed by atoms with Crippen LogP contribution in [0, 0.1) is 0 Å². The first kappa shape index (κ1) is 10.1. The minimum absolute atomic E-state index is 0.502. The molecule has 1 saturated heterocycles. The van der Waals surface area contributed by atoms with Crippen LogP contribution in [0.25, 0.3) is 0 Å². The highest BCUT2D eigenvalue weighted by Crippen LogP contribution is 2.29. The molecular weight excluding hydrogens is 202 g/mol. The molecule has 1 aromatic rings. The molecule has 1 aromatic heterocycles. The average Bonchev–Trinajstić information content (AvgIpc) is 2.84. The fourth-order valence-electron chi connectivity index (χ4n) is 2.69. The summed E-state index contributed by atoms with van der Waals surface area (Å²) in [6.45, 7) is 4.05. The molecule has 0 atom stereocenters. The molecule has 2 aliphatic heterocycles. The van der Waals surface area contributed by atoms with Gasteiger partial charge in [-0.2, -0.15) is 5.10 Å². The topological polar surface area (TPSA) is 59.1 Å². The van der Waals surface area contributed by atoms with E-state index in [2.05, 4.69) is 27.0 Å². The Morgan fingerprint density at radius 2 is 2.06 bits per heavy atom. The van der Waals surface area contributed by atoms with Gasteiger partial charge in [-0.05, 0) is 33.0 Å². The molecular formula is C11H19N5. The van der Waals surface area contributed by atoms with E-state index in [1.807, 2.05) is 0 Å². The highest BCUT2D eigenvalue weighted by atomic mass is 15.4. The number of nitrogens with one attached hydrogen (secondary N) is 1. The van der Waals surface area contributed by atoms with Crippen LogP contribution < -0.4 is 11.1 Å². The van der Waals surface area contributed by atoms with E-state index in [9.17, 15) is 0 Å². The first-order valence-electron chi connectivity index (χ1n) is 6.00. The van der Waals surface area contributed by atoms with Gasteiger partial charge in [0.25, 0.3) is 0 Å². The van der Waals surface area contributed by atoms with Crippen LogP contribution >= 0.6 is 0 Å². The number of piperidine rings is 1. The lowest BCUT2D eigenvalue weighted by atomic mass is 10.1. The Labute approximate surface area is 95.6 Å². The summed E-state index contributed by atoms with van der Waals surface area (Å²) >= 11 is 0. The predicted octanol–water partition coefficient (Wildman–Crippen LogP) is 0.335. The van der Waals surface area contributed by atoms with Crippen LogP contribution in [0.1, 0.15) is 30.1 Å². The van der Waals surface area contributed by atoms with E-state index in [0.29, 0.717) is 6.04 Å². The molecule has 3 N–H and O–H groups in total. The van der Waals surface area contributed by atoms with Crippen molar-refractivity contribution in [2.24, 2.45) is 0 Å². The van der Waals surface area contributed by atoms with Crippen molar-refractivity contribution in [1.82, 2.24) is 20.0 Å². The lowest BCUT2D eigenvalue weighted by Crippen LogP contribution is -2.32. The number of rotatable bonds is 1. The number of nitrogens with two attached hydrogens (primary N) is 1. The van der Waals surface area contributed by atoms with E-state index in [-0.39, 0.29) is 0 Å². The fraction of sp³-hybridized carbons (Fsp3) is 0.727. The lowest BCUT2D eigenvalue weighted by molar-refractivity contribution is 0.213. The molecule has 2 aliphatic rings. The second-order valence-electron chi connectivity index (χ2n) is 4.89. The molecule has 3 rings (SSSR count). The van der Waals surface area contributed by atoms with E-state index in [1.165, 1.54) is 5.56 Å². The van der Waals surface area contributed by atoms with Crippen molar-refractivity contribution < 1.29 is 0 Å². The summed E-state index contributed by atoms with van der Waals surface area (Å²) < 4.78 is 2.07. The summed E-state index contributed by atoms with van der Waals surface area (Å²) in [5, 5.41) is 7.93. The van der Waals surface area contributed by atoms with Gasteiger partial charge in [-0.25, -0.2) is 4.68 Å². The quantitative estimate of drug-likeness (QED) is 0.718. The molecule has 16 heavy (non-hydrogen) atoms. The number of aromatic nitrogens is 2. The molecule has 0 saturated carbocycles. The Kier molecular flexibility index (Phi) is 2.37. The molecule has 0 unspecified atom stereocenters. The van der Waals surface area contributed by atoms with Gasteiger partial charge in [0.15, 0.2) is 0 Å². The zero-order valence-electron chi connectivity index (χ0n) is 9.74. The molecule has 5 heteroatoms. The van der Waals surface area contributed by atoms with Crippen LogP contribution in [0.2, 0.25) is 0 Å². The van der Waals surface area contributed by atoms with Gasteiger partial charge in [-0.15, -0.1) is 0 Å². The molecule has 5 nitrogen and oxygen atoms in total. The van der Waals surface area contributed by atoms with Crippen LogP contribution in [0.4, 0.5) is 5.82 Å². The zero-order chi connectivity index (χ0) is 11.1. The first-order valence-corrected chi connectivity index (χ1v) is 6.00. The smallest absolute Gasteiger partial charge is 0.126 e. The maximum absolute atomic E-state index is 6.17. The monoisotopic (exact) mass is 221 g/mol. The second kappa shape index (κ2) is 3.75. The molecule has 1 fully saturated rings. The Morgan fingerprint density at radius 3 is 2.75 bits per heavy atom. The predicted molar refractivity (Wildman–Crippen MR) is 63.0 cm³/mol. The molecule has 0 radical (unpaired) electrons. The van der Waals surface area contributed by atoms with Gasteiger partial charge in [0.2, 0.25) is 0 Å². The van der Waals surface area contributed by atoms with E-state index in [0.717, 1.165) is 50.5 Å². The number of anilines is 1. The van der Waals surface area contributed by atoms with Crippen LogP contribution in [-0.2, 0) is 13.1 Å². The van der Waals surface area contributed by atoms with Gasteiger partial charge in [0.1, 0.15) is 5.82 Å². The number of fused-ring (bicyclic) bond motifs is 1. The first-order chi connectivity index (χ1) is 7.75. The Hall–Kier alpha value is -1.07. The fourth-order valence-corrected chi connectivity index (χ4v) is 2.69. The van der Waals surface area contributed by atoms with E-state index in [4.69, 9.17) is 5.73 Å². The van der Waals surface area contributed by atoms with Crippen LogP contribution in [0.5, 0.6) is 0 Å². The van der Waals surface area contributed by atoms with Crippen molar-refractivity contribution in [3.8, 4) is 0 Å². The highest BCUT2D eigenvalue weighted by Gasteiger charge is 2.26. The molecule has 88 valence electrons. The normalized spacial score (nSPS) is 22.6. The average molecular weight is 221 g/mol.